The van der Waals surface area contributed by atoms with Crippen molar-refractivity contribution < 1.29 is 9.53 Å². The molecule has 3 aromatic rings. The number of hydrogen-bond donors (Lipinski definition) is 1. The maximum Gasteiger partial charge on any atom is 0.417 e. The lowest BCUT2D eigenvalue weighted by Gasteiger charge is -2.10. The molecule has 0 aliphatic heterocycles. The molecular weight excluding hydrogens is 430 g/mol. The highest BCUT2D eigenvalue weighted by Crippen LogP contribution is 2.24. The van der Waals surface area contributed by atoms with Crippen molar-refractivity contribution in [2.75, 3.05) is 5.32 Å². The quantitative estimate of drug-likeness (QED) is 0.189. The Morgan fingerprint density at radius 2 is 1.54 bits per heavy atom. The molecule has 0 aliphatic rings. The van der Waals surface area contributed by atoms with Crippen LogP contribution in [0.3, 0.4) is 0 Å². The van der Waals surface area contributed by atoms with Crippen LogP contribution in [0.1, 0.15) is 56.9 Å². The number of carbonyl (C=O) groups excluding carboxylic acids is 1. The van der Waals surface area contributed by atoms with Crippen molar-refractivity contribution in [2.24, 2.45) is 0 Å². The van der Waals surface area contributed by atoms with Crippen molar-refractivity contribution in [1.82, 2.24) is 0 Å². The Balaban J connectivity index is 1.33. The summed E-state index contributed by atoms with van der Waals surface area (Å²) in [7, 11) is 0. The van der Waals surface area contributed by atoms with Gasteiger partial charge in [0.25, 0.3) is 0 Å². The molecular formula is C32H37NO2. The molecule has 0 radical (unpaired) electrons. The lowest BCUT2D eigenvalue weighted by Crippen LogP contribution is -2.17. The molecule has 0 heterocycles. The first-order chi connectivity index (χ1) is 17.3. The zero-order chi connectivity index (χ0) is 24.6. The molecule has 0 atom stereocenters. The lowest BCUT2D eigenvalue weighted by molar-refractivity contribution is 0.215. The van der Waals surface area contributed by atoms with Gasteiger partial charge in [-0.05, 0) is 67.7 Å². The summed E-state index contributed by atoms with van der Waals surface area (Å²) >= 11 is 0. The Morgan fingerprint density at radius 1 is 0.800 bits per heavy atom. The van der Waals surface area contributed by atoms with Crippen LogP contribution in [0.15, 0.2) is 104 Å². The maximum atomic E-state index is 12.5. The van der Waals surface area contributed by atoms with Gasteiger partial charge in [0.05, 0.1) is 5.69 Å². The van der Waals surface area contributed by atoms with Gasteiger partial charge in [-0.1, -0.05) is 98.2 Å². The number of carbonyl (C=O) groups is 1. The maximum absolute atomic E-state index is 12.5. The molecule has 1 amide bonds. The summed E-state index contributed by atoms with van der Waals surface area (Å²) < 4.78 is 5.56. The van der Waals surface area contributed by atoms with Gasteiger partial charge in [-0.25, -0.2) is 4.79 Å². The molecule has 182 valence electrons. The summed E-state index contributed by atoms with van der Waals surface area (Å²) in [6.07, 6.45) is 20.6. The molecule has 1 N–H and O–H groups in total. The Bertz CT molecular complexity index is 1120. The second-order valence-electron chi connectivity index (χ2n) is 8.70. The summed E-state index contributed by atoms with van der Waals surface area (Å²) in [5, 5.41) is 4.95. The summed E-state index contributed by atoms with van der Waals surface area (Å²) in [5.41, 5.74) is 1.95. The monoisotopic (exact) mass is 467 g/mol. The van der Waals surface area contributed by atoms with Crippen molar-refractivity contribution in [1.29, 1.82) is 0 Å². The summed E-state index contributed by atoms with van der Waals surface area (Å²) in [6, 6.07) is 21.7. The fourth-order valence-corrected chi connectivity index (χ4v) is 4.04. The number of amides is 1. The van der Waals surface area contributed by atoms with Crippen molar-refractivity contribution in [3.63, 3.8) is 0 Å². The predicted octanol–water partition coefficient (Wildman–Crippen LogP) is 9.41. The lowest BCUT2D eigenvalue weighted by atomic mass is 10.0. The average molecular weight is 468 g/mol. The average Bonchev–Trinajstić information content (AvgIpc) is 2.87. The number of hydrogen-bond acceptors (Lipinski definition) is 2. The highest BCUT2D eigenvalue weighted by Gasteiger charge is 2.08. The zero-order valence-electron chi connectivity index (χ0n) is 20.6. The smallest absolute Gasteiger partial charge is 0.410 e. The van der Waals surface area contributed by atoms with Crippen LogP contribution in [0.4, 0.5) is 10.5 Å². The minimum Gasteiger partial charge on any atom is -0.410 e. The van der Waals surface area contributed by atoms with E-state index >= 15 is 0 Å². The van der Waals surface area contributed by atoms with E-state index in [1.54, 1.807) is 0 Å². The van der Waals surface area contributed by atoms with Crippen LogP contribution in [0.5, 0.6) is 5.75 Å². The van der Waals surface area contributed by atoms with E-state index in [0.29, 0.717) is 5.75 Å². The molecule has 0 spiro atoms. The van der Waals surface area contributed by atoms with Crippen LogP contribution in [0.25, 0.3) is 10.8 Å². The van der Waals surface area contributed by atoms with Gasteiger partial charge in [0.1, 0.15) is 5.75 Å². The number of aryl methyl sites for hydroxylation is 1. The molecule has 0 saturated carbocycles. The summed E-state index contributed by atoms with van der Waals surface area (Å²) in [4.78, 5) is 12.5. The molecule has 0 aromatic heterocycles. The van der Waals surface area contributed by atoms with Crippen molar-refractivity contribution in [2.45, 2.75) is 57.8 Å². The Morgan fingerprint density at radius 3 is 2.46 bits per heavy atom. The van der Waals surface area contributed by atoms with Crippen molar-refractivity contribution in [3.8, 4) is 5.75 Å². The van der Waals surface area contributed by atoms with Crippen LogP contribution < -0.4 is 10.1 Å². The van der Waals surface area contributed by atoms with Crippen LogP contribution >= 0.6 is 0 Å². The van der Waals surface area contributed by atoms with E-state index in [0.717, 1.165) is 48.6 Å². The number of benzene rings is 3. The van der Waals surface area contributed by atoms with Gasteiger partial charge >= 0.3 is 6.09 Å². The molecule has 3 aromatic carbocycles. The zero-order valence-corrected chi connectivity index (χ0v) is 20.6. The Hall–Kier alpha value is -3.59. The molecule has 0 bridgehead atoms. The first kappa shape index (κ1) is 26.0. The van der Waals surface area contributed by atoms with Crippen LogP contribution in [0.2, 0.25) is 0 Å². The summed E-state index contributed by atoms with van der Waals surface area (Å²) in [5.74, 6) is 0.575. The molecule has 0 aliphatic carbocycles. The topological polar surface area (TPSA) is 38.3 Å². The highest BCUT2D eigenvalue weighted by atomic mass is 16.6. The van der Waals surface area contributed by atoms with Crippen LogP contribution in [-0.2, 0) is 6.42 Å². The molecule has 3 heteroatoms. The van der Waals surface area contributed by atoms with Crippen LogP contribution in [0, 0.1) is 0 Å². The Kier molecular flexibility index (Phi) is 11.4. The number of anilines is 1. The second kappa shape index (κ2) is 15.3. The fraction of sp³-hybridized carbons (Fsp3) is 0.281. The largest absolute Gasteiger partial charge is 0.417 e. The van der Waals surface area contributed by atoms with Gasteiger partial charge in [-0.3, -0.25) is 5.32 Å². The first-order valence-corrected chi connectivity index (χ1v) is 12.7. The Labute approximate surface area is 210 Å². The summed E-state index contributed by atoms with van der Waals surface area (Å²) in [6.45, 7) is 3.71. The van der Waals surface area contributed by atoms with E-state index in [9.17, 15) is 4.79 Å². The molecule has 3 nitrogen and oxygen atoms in total. The highest BCUT2D eigenvalue weighted by molar-refractivity contribution is 6.00. The number of ether oxygens (including phenoxy) is 1. The molecule has 0 fully saturated rings. The van der Waals surface area contributed by atoms with Gasteiger partial charge < -0.3 is 4.74 Å². The third kappa shape index (κ3) is 9.66. The van der Waals surface area contributed by atoms with Gasteiger partial charge in [0.2, 0.25) is 0 Å². The van der Waals surface area contributed by atoms with Gasteiger partial charge in [0, 0.05) is 5.39 Å². The predicted molar refractivity (Wildman–Crippen MR) is 149 cm³/mol. The van der Waals surface area contributed by atoms with E-state index in [-0.39, 0.29) is 0 Å². The fourth-order valence-electron chi connectivity index (χ4n) is 4.04. The van der Waals surface area contributed by atoms with E-state index in [4.69, 9.17) is 4.74 Å². The van der Waals surface area contributed by atoms with Gasteiger partial charge in [0.15, 0.2) is 0 Å². The van der Waals surface area contributed by atoms with E-state index in [1.165, 1.54) is 31.2 Å². The number of nitrogens with one attached hydrogen (secondary N) is 1. The van der Waals surface area contributed by atoms with E-state index in [1.807, 2.05) is 66.7 Å². The molecule has 0 saturated heterocycles. The van der Waals surface area contributed by atoms with E-state index < -0.39 is 6.09 Å². The van der Waals surface area contributed by atoms with Crippen molar-refractivity contribution >= 4 is 22.6 Å². The molecule has 3 rings (SSSR count). The third-order valence-electron chi connectivity index (χ3n) is 5.88. The van der Waals surface area contributed by atoms with Gasteiger partial charge in [-0.2, -0.15) is 0 Å². The molecule has 0 unspecified atom stereocenters. The number of fused-ring (bicyclic) bond motifs is 1. The minimum absolute atomic E-state index is 0.472. The van der Waals surface area contributed by atoms with E-state index in [2.05, 4.69) is 42.3 Å². The minimum atomic E-state index is -0.472. The first-order valence-electron chi connectivity index (χ1n) is 12.7. The van der Waals surface area contributed by atoms with Crippen LogP contribution in [-0.4, -0.2) is 6.09 Å². The number of allylic oxidation sites excluding steroid dienone is 5. The van der Waals surface area contributed by atoms with Crippen molar-refractivity contribution in [3.05, 3.63) is 109 Å². The SMILES string of the molecule is C=CCC=CCC=CCCCCCCCc1cccc(OC(=O)Nc2cccc3ccccc23)c1. The third-order valence-corrected chi connectivity index (χ3v) is 5.88. The molecule has 35 heavy (non-hydrogen) atoms. The van der Waals surface area contributed by atoms with Gasteiger partial charge in [-0.15, -0.1) is 6.58 Å². The second-order valence-corrected chi connectivity index (χ2v) is 8.70. The standard InChI is InChI=1S/C32H37NO2/c1-2-3-4-5-6-7-8-9-10-11-12-13-14-19-27-20-17-23-29(26-27)35-32(34)33-31-25-18-22-28-21-15-16-24-30(28)31/h2,4-5,7-8,15-18,20-26H,1,3,6,9-14,19H2,(H,33,34). The normalized spacial score (nSPS) is 11.3. The number of unbranched alkanes of at least 4 members (excludes halogenated alkanes) is 5. The number of rotatable bonds is 14.